The molecule has 0 atom stereocenters. The molecule has 0 aliphatic carbocycles. The summed E-state index contributed by atoms with van der Waals surface area (Å²) in [5.74, 6) is 0. The van der Waals surface area contributed by atoms with E-state index in [1.54, 1.807) is 31.8 Å². The van der Waals surface area contributed by atoms with Gasteiger partial charge in [-0.2, -0.15) is 0 Å². The van der Waals surface area contributed by atoms with E-state index in [0.717, 1.165) is 56.1 Å². The maximum Gasteiger partial charge on any atom is 0.156 e. The highest BCUT2D eigenvalue weighted by atomic mass is 32.2. The van der Waals surface area contributed by atoms with E-state index in [1.807, 2.05) is 60.9 Å². The predicted octanol–water partition coefficient (Wildman–Crippen LogP) is 8.05. The quantitative estimate of drug-likeness (QED) is 0.151. The van der Waals surface area contributed by atoms with E-state index in [4.69, 9.17) is 0 Å². The lowest BCUT2D eigenvalue weighted by Crippen LogP contribution is -2.28. The Morgan fingerprint density at radius 2 is 1.49 bits per heavy atom. The molecule has 1 aromatic heterocycles. The average molecular weight is 552 g/mol. The largest absolute Gasteiger partial charge is 0.298 e. The number of nitrogens with zero attached hydrogens (tertiary/aromatic N) is 1. The molecule has 196 valence electrons. The van der Waals surface area contributed by atoms with Crippen LogP contribution < -0.4 is 0 Å². The Hall–Kier alpha value is -3.74. The lowest BCUT2D eigenvalue weighted by Gasteiger charge is -2.24. The molecule has 0 amide bonds. The van der Waals surface area contributed by atoms with Gasteiger partial charge in [-0.15, -0.1) is 11.8 Å². The number of aldehydes is 1. The van der Waals surface area contributed by atoms with Crippen LogP contribution in [-0.2, 0) is 14.6 Å². The number of aromatic nitrogens is 1. The molecule has 0 spiro atoms. The van der Waals surface area contributed by atoms with Gasteiger partial charge in [0.2, 0.25) is 0 Å². The van der Waals surface area contributed by atoms with Crippen LogP contribution in [-0.4, -0.2) is 32.2 Å². The second kappa shape index (κ2) is 10.4. The fourth-order valence-corrected chi connectivity index (χ4v) is 5.68. The molecular formula is C33H29NO3S2. The molecule has 0 aliphatic heterocycles. The Morgan fingerprint density at radius 1 is 0.769 bits per heavy atom. The van der Waals surface area contributed by atoms with Crippen LogP contribution in [0, 0.1) is 0 Å². The van der Waals surface area contributed by atoms with Crippen molar-refractivity contribution < 1.29 is 13.2 Å². The van der Waals surface area contributed by atoms with Crippen molar-refractivity contribution in [1.82, 2.24) is 4.98 Å². The highest BCUT2D eigenvalue weighted by Gasteiger charge is 2.33. The number of hydrogen-bond acceptors (Lipinski definition) is 5. The third-order valence-electron chi connectivity index (χ3n) is 7.39. The molecule has 0 radical (unpaired) electrons. The molecule has 0 aliphatic rings. The van der Waals surface area contributed by atoms with Gasteiger partial charge >= 0.3 is 0 Å². The number of pyridine rings is 1. The molecule has 4 nitrogen and oxygen atoms in total. The van der Waals surface area contributed by atoms with E-state index in [-0.39, 0.29) is 0 Å². The smallest absolute Gasteiger partial charge is 0.156 e. The van der Waals surface area contributed by atoms with E-state index in [9.17, 15) is 13.2 Å². The molecule has 39 heavy (non-hydrogen) atoms. The number of thioether (sulfide) groups is 1. The van der Waals surface area contributed by atoms with Gasteiger partial charge in [0.05, 0.1) is 10.3 Å². The third-order valence-corrected chi connectivity index (χ3v) is 10.2. The molecule has 5 aromatic rings. The molecule has 0 fully saturated rings. The van der Waals surface area contributed by atoms with Crippen LogP contribution in [0.4, 0.5) is 0 Å². The molecule has 0 unspecified atom stereocenters. The monoisotopic (exact) mass is 551 g/mol. The Labute approximate surface area is 234 Å². The van der Waals surface area contributed by atoms with Crippen LogP contribution >= 0.6 is 11.8 Å². The van der Waals surface area contributed by atoms with Crippen LogP contribution in [0.2, 0.25) is 0 Å². The molecule has 0 bridgehead atoms. The topological polar surface area (TPSA) is 64.1 Å². The average Bonchev–Trinajstić information content (AvgIpc) is 2.95. The summed E-state index contributed by atoms with van der Waals surface area (Å²) in [7, 11) is -3.37. The fraction of sp³-hybridized carbons (Fsp3) is 0.152. The minimum absolute atomic E-state index is 0.616. The van der Waals surface area contributed by atoms with E-state index in [0.29, 0.717) is 5.56 Å². The summed E-state index contributed by atoms with van der Waals surface area (Å²) in [5.41, 5.74) is 7.95. The summed E-state index contributed by atoms with van der Waals surface area (Å²) >= 11 is 1.69. The van der Waals surface area contributed by atoms with Gasteiger partial charge in [-0.05, 0) is 95.9 Å². The van der Waals surface area contributed by atoms with Crippen molar-refractivity contribution in [3.8, 4) is 33.4 Å². The Bertz CT molecular complexity index is 1810. The number of carbonyl (C=O) groups excluding carboxylic acids is 1. The van der Waals surface area contributed by atoms with E-state index in [1.165, 1.54) is 11.2 Å². The van der Waals surface area contributed by atoms with Gasteiger partial charge in [0.1, 0.15) is 6.29 Å². The normalized spacial score (nSPS) is 12.0. The van der Waals surface area contributed by atoms with E-state index < -0.39 is 14.6 Å². The van der Waals surface area contributed by atoms with E-state index in [2.05, 4.69) is 41.4 Å². The van der Waals surface area contributed by atoms with Gasteiger partial charge in [0.25, 0.3) is 0 Å². The number of fused-ring (bicyclic) bond motifs is 1. The van der Waals surface area contributed by atoms with Gasteiger partial charge in [-0.25, -0.2) is 8.42 Å². The van der Waals surface area contributed by atoms with Crippen molar-refractivity contribution in [1.29, 1.82) is 0 Å². The Kier molecular flexibility index (Phi) is 7.19. The van der Waals surface area contributed by atoms with Crippen molar-refractivity contribution >= 4 is 38.8 Å². The maximum atomic E-state index is 12.7. The predicted molar refractivity (Wildman–Crippen MR) is 163 cm³/mol. The van der Waals surface area contributed by atoms with Gasteiger partial charge in [0.15, 0.2) is 9.84 Å². The summed E-state index contributed by atoms with van der Waals surface area (Å²) in [6, 6.07) is 30.0. The standard InChI is InChI=1S/C33H29NO3S2/c1-33(2,39(4,36)37)27-19-26-9-6-16-34-32(26)31(20-27)25-8-5-7-24(18-25)29-15-10-22(21-35)17-30(29)23-11-13-28(38-3)14-12-23/h5-21H,1-4H3. The van der Waals surface area contributed by atoms with Gasteiger partial charge < -0.3 is 0 Å². The first-order valence-electron chi connectivity index (χ1n) is 12.6. The highest BCUT2D eigenvalue weighted by Crippen LogP contribution is 2.39. The summed E-state index contributed by atoms with van der Waals surface area (Å²) < 4.78 is 24.3. The summed E-state index contributed by atoms with van der Waals surface area (Å²) in [6.07, 6.45) is 5.94. The van der Waals surface area contributed by atoms with Crippen molar-refractivity contribution in [2.75, 3.05) is 12.5 Å². The van der Waals surface area contributed by atoms with Gasteiger partial charge in [-0.3, -0.25) is 9.78 Å². The zero-order chi connectivity index (χ0) is 27.8. The highest BCUT2D eigenvalue weighted by molar-refractivity contribution is 7.98. The molecule has 5 rings (SSSR count). The molecule has 1 heterocycles. The Balaban J connectivity index is 1.71. The second-order valence-electron chi connectivity index (χ2n) is 10.1. The number of benzene rings is 4. The molecule has 4 aromatic carbocycles. The van der Waals surface area contributed by atoms with Crippen LogP contribution in [0.1, 0.15) is 29.8 Å². The van der Waals surface area contributed by atoms with Crippen LogP contribution in [0.25, 0.3) is 44.3 Å². The van der Waals surface area contributed by atoms with Gasteiger partial charge in [0, 0.05) is 33.9 Å². The fourth-order valence-electron chi connectivity index (χ4n) is 4.72. The number of carbonyl (C=O) groups is 1. The summed E-state index contributed by atoms with van der Waals surface area (Å²) in [6.45, 7) is 3.48. The molecule has 0 N–H and O–H groups in total. The van der Waals surface area contributed by atoms with E-state index >= 15 is 0 Å². The lowest BCUT2D eigenvalue weighted by molar-refractivity contribution is 0.112. The molecular weight excluding hydrogens is 523 g/mol. The third kappa shape index (κ3) is 5.14. The van der Waals surface area contributed by atoms with Crippen molar-refractivity contribution in [3.05, 3.63) is 108 Å². The van der Waals surface area contributed by atoms with Crippen molar-refractivity contribution in [3.63, 3.8) is 0 Å². The Morgan fingerprint density at radius 3 is 2.15 bits per heavy atom. The summed E-state index contributed by atoms with van der Waals surface area (Å²) in [5, 5.41) is 0.886. The number of rotatable bonds is 7. The van der Waals surface area contributed by atoms with Crippen LogP contribution in [0.15, 0.2) is 102 Å². The number of sulfone groups is 1. The molecule has 0 saturated carbocycles. The maximum absolute atomic E-state index is 12.7. The first-order chi connectivity index (χ1) is 18.6. The molecule has 6 heteroatoms. The van der Waals surface area contributed by atoms with Crippen LogP contribution in [0.3, 0.4) is 0 Å². The SMILES string of the molecule is CSc1ccc(-c2cc(C=O)ccc2-c2cccc(-c3cc(C(C)(C)S(C)(=O)=O)cc4cccnc34)c2)cc1. The first kappa shape index (κ1) is 26.9. The van der Waals surface area contributed by atoms with Crippen molar-refractivity contribution in [2.45, 2.75) is 23.5 Å². The van der Waals surface area contributed by atoms with Gasteiger partial charge in [-0.1, -0.05) is 48.5 Å². The zero-order valence-corrected chi connectivity index (χ0v) is 23.9. The number of hydrogen-bond donors (Lipinski definition) is 0. The summed E-state index contributed by atoms with van der Waals surface area (Å²) in [4.78, 5) is 17.5. The lowest BCUT2D eigenvalue weighted by atomic mass is 9.89. The second-order valence-corrected chi connectivity index (χ2v) is 13.6. The zero-order valence-electron chi connectivity index (χ0n) is 22.3. The van der Waals surface area contributed by atoms with Crippen molar-refractivity contribution in [2.24, 2.45) is 0 Å². The van der Waals surface area contributed by atoms with Crippen LogP contribution in [0.5, 0.6) is 0 Å². The minimum Gasteiger partial charge on any atom is -0.298 e. The molecule has 0 saturated heterocycles. The first-order valence-corrected chi connectivity index (χ1v) is 15.7. The minimum atomic E-state index is -3.37.